The Labute approximate surface area is 187 Å². The SMILES string of the molecule is Cc1csc(Sc2ccc(C(=O)NCCCS(=O)(=O)c3ccccc3)cc2[N+](=O)[O-])n1. The van der Waals surface area contributed by atoms with Gasteiger partial charge in [-0.15, -0.1) is 11.3 Å². The molecule has 1 heterocycles. The van der Waals surface area contributed by atoms with Crippen LogP contribution in [0, 0.1) is 17.0 Å². The lowest BCUT2D eigenvalue weighted by Gasteiger charge is -2.08. The van der Waals surface area contributed by atoms with Crippen LogP contribution in [0.25, 0.3) is 0 Å². The molecule has 0 unspecified atom stereocenters. The van der Waals surface area contributed by atoms with E-state index in [1.54, 1.807) is 18.2 Å². The number of hydrogen-bond donors (Lipinski definition) is 1. The second kappa shape index (κ2) is 10.0. The molecule has 1 aromatic heterocycles. The highest BCUT2D eigenvalue weighted by molar-refractivity contribution is 8.01. The Hall–Kier alpha value is -2.76. The van der Waals surface area contributed by atoms with E-state index in [9.17, 15) is 23.3 Å². The van der Waals surface area contributed by atoms with Crippen LogP contribution in [0.2, 0.25) is 0 Å². The van der Waals surface area contributed by atoms with E-state index in [-0.39, 0.29) is 34.9 Å². The molecule has 0 aliphatic rings. The van der Waals surface area contributed by atoms with Crippen LogP contribution in [-0.4, -0.2) is 36.5 Å². The molecule has 1 amide bonds. The lowest BCUT2D eigenvalue weighted by molar-refractivity contribution is -0.387. The zero-order valence-corrected chi connectivity index (χ0v) is 18.9. The largest absolute Gasteiger partial charge is 0.352 e. The highest BCUT2D eigenvalue weighted by Crippen LogP contribution is 2.36. The molecular weight excluding hydrogens is 458 g/mol. The number of aryl methyl sites for hydroxylation is 1. The predicted molar refractivity (Wildman–Crippen MR) is 120 cm³/mol. The number of hydrogen-bond acceptors (Lipinski definition) is 8. The number of carbonyl (C=O) groups is 1. The lowest BCUT2D eigenvalue weighted by atomic mass is 10.2. The first-order chi connectivity index (χ1) is 14.8. The van der Waals surface area contributed by atoms with Crippen molar-refractivity contribution in [1.29, 1.82) is 0 Å². The molecule has 0 saturated carbocycles. The minimum atomic E-state index is -3.42. The molecule has 0 bridgehead atoms. The normalized spacial score (nSPS) is 11.3. The second-order valence-corrected chi connectivity index (χ2v) is 10.8. The van der Waals surface area contributed by atoms with Crippen LogP contribution in [0.5, 0.6) is 0 Å². The van der Waals surface area contributed by atoms with Crippen LogP contribution >= 0.6 is 23.1 Å². The molecule has 0 saturated heterocycles. The van der Waals surface area contributed by atoms with E-state index in [1.165, 1.54) is 53.4 Å². The Morgan fingerprint density at radius 1 is 1.23 bits per heavy atom. The van der Waals surface area contributed by atoms with Gasteiger partial charge in [0.1, 0.15) is 0 Å². The number of benzene rings is 2. The van der Waals surface area contributed by atoms with Crippen LogP contribution in [-0.2, 0) is 9.84 Å². The number of aromatic nitrogens is 1. The van der Waals surface area contributed by atoms with E-state index >= 15 is 0 Å². The molecular formula is C20H19N3O5S3. The minimum absolute atomic E-state index is 0.111. The van der Waals surface area contributed by atoms with Crippen LogP contribution in [0.3, 0.4) is 0 Å². The topological polar surface area (TPSA) is 119 Å². The van der Waals surface area contributed by atoms with Gasteiger partial charge in [0.2, 0.25) is 0 Å². The summed E-state index contributed by atoms with van der Waals surface area (Å²) < 4.78 is 25.2. The zero-order chi connectivity index (χ0) is 22.4. The van der Waals surface area contributed by atoms with Gasteiger partial charge in [-0.2, -0.15) is 0 Å². The molecule has 3 rings (SSSR count). The Morgan fingerprint density at radius 2 is 1.97 bits per heavy atom. The molecule has 162 valence electrons. The standard InChI is InChI=1S/C20H19N3O5S3/c1-14-13-29-20(22-14)30-18-9-8-15(12-17(18)23(25)26)19(24)21-10-5-11-31(27,28)16-6-3-2-4-7-16/h2-4,6-9,12-13H,5,10-11H2,1H3,(H,21,24). The van der Waals surface area contributed by atoms with Crippen molar-refractivity contribution in [2.45, 2.75) is 27.5 Å². The van der Waals surface area contributed by atoms with Crippen molar-refractivity contribution >= 4 is 44.5 Å². The highest BCUT2D eigenvalue weighted by atomic mass is 32.2. The fraction of sp³-hybridized carbons (Fsp3) is 0.200. The van der Waals surface area contributed by atoms with Crippen LogP contribution < -0.4 is 5.32 Å². The maximum atomic E-state index is 12.4. The molecule has 31 heavy (non-hydrogen) atoms. The maximum absolute atomic E-state index is 12.4. The van der Waals surface area contributed by atoms with E-state index in [1.807, 2.05) is 12.3 Å². The summed E-state index contributed by atoms with van der Waals surface area (Å²) in [6.07, 6.45) is 0.225. The maximum Gasteiger partial charge on any atom is 0.284 e. The predicted octanol–water partition coefficient (Wildman–Crippen LogP) is 4.10. The number of nitro benzene ring substituents is 1. The Morgan fingerprint density at radius 3 is 2.61 bits per heavy atom. The molecule has 1 N–H and O–H groups in total. The van der Waals surface area contributed by atoms with E-state index in [0.29, 0.717) is 9.24 Å². The minimum Gasteiger partial charge on any atom is -0.352 e. The number of rotatable bonds is 9. The molecule has 0 aliphatic heterocycles. The van der Waals surface area contributed by atoms with E-state index in [4.69, 9.17) is 0 Å². The third-order valence-corrected chi connectivity index (χ3v) is 8.13. The molecule has 0 atom stereocenters. The van der Waals surface area contributed by atoms with E-state index < -0.39 is 20.7 Å². The number of amides is 1. The Balaban J connectivity index is 1.61. The van der Waals surface area contributed by atoms with Gasteiger partial charge in [0.05, 0.1) is 20.5 Å². The van der Waals surface area contributed by atoms with Crippen molar-refractivity contribution in [1.82, 2.24) is 10.3 Å². The van der Waals surface area contributed by atoms with Crippen LogP contribution in [0.4, 0.5) is 5.69 Å². The third-order valence-electron chi connectivity index (χ3n) is 4.19. The summed E-state index contributed by atoms with van der Waals surface area (Å²) >= 11 is 2.56. The van der Waals surface area contributed by atoms with Crippen molar-refractivity contribution in [3.05, 3.63) is 75.3 Å². The average Bonchev–Trinajstić information content (AvgIpc) is 3.16. The fourth-order valence-electron chi connectivity index (χ4n) is 2.67. The van der Waals surface area contributed by atoms with Crippen molar-refractivity contribution in [2.24, 2.45) is 0 Å². The summed E-state index contributed by atoms with van der Waals surface area (Å²) in [7, 11) is -3.42. The van der Waals surface area contributed by atoms with Crippen LogP contribution in [0.1, 0.15) is 22.5 Å². The molecule has 3 aromatic rings. The summed E-state index contributed by atoms with van der Waals surface area (Å²) in [5.41, 5.74) is 0.787. The summed E-state index contributed by atoms with van der Waals surface area (Å²) in [6, 6.07) is 12.3. The van der Waals surface area contributed by atoms with Crippen molar-refractivity contribution in [3.63, 3.8) is 0 Å². The first kappa shape index (κ1) is 22.9. The second-order valence-electron chi connectivity index (χ2n) is 6.54. The molecule has 11 heteroatoms. The van der Waals surface area contributed by atoms with Gasteiger partial charge < -0.3 is 5.32 Å². The van der Waals surface area contributed by atoms with E-state index in [2.05, 4.69) is 10.3 Å². The van der Waals surface area contributed by atoms with Crippen molar-refractivity contribution < 1.29 is 18.1 Å². The van der Waals surface area contributed by atoms with E-state index in [0.717, 1.165) is 5.69 Å². The van der Waals surface area contributed by atoms with Gasteiger partial charge in [-0.05, 0) is 37.6 Å². The first-order valence-electron chi connectivity index (χ1n) is 9.21. The number of thiazole rings is 1. The van der Waals surface area contributed by atoms with Crippen molar-refractivity contribution in [2.75, 3.05) is 12.3 Å². The smallest absolute Gasteiger partial charge is 0.284 e. The van der Waals surface area contributed by atoms with Gasteiger partial charge in [-0.25, -0.2) is 13.4 Å². The molecule has 0 aliphatic carbocycles. The highest BCUT2D eigenvalue weighted by Gasteiger charge is 2.20. The molecule has 8 nitrogen and oxygen atoms in total. The average molecular weight is 478 g/mol. The summed E-state index contributed by atoms with van der Waals surface area (Å²) in [6.45, 7) is 1.97. The monoisotopic (exact) mass is 477 g/mol. The number of nitro groups is 1. The van der Waals surface area contributed by atoms with Gasteiger partial charge in [0.25, 0.3) is 11.6 Å². The van der Waals surface area contributed by atoms with Gasteiger partial charge in [-0.1, -0.05) is 30.0 Å². The Bertz CT molecular complexity index is 1190. The fourth-order valence-corrected chi connectivity index (χ4v) is 5.88. The molecule has 0 spiro atoms. The van der Waals surface area contributed by atoms with Crippen LogP contribution in [0.15, 0.2) is 68.0 Å². The number of nitrogens with one attached hydrogen (secondary N) is 1. The zero-order valence-electron chi connectivity index (χ0n) is 16.5. The van der Waals surface area contributed by atoms with Gasteiger partial charge in [0.15, 0.2) is 14.2 Å². The third kappa shape index (κ3) is 6.12. The lowest BCUT2D eigenvalue weighted by Crippen LogP contribution is -2.26. The summed E-state index contributed by atoms with van der Waals surface area (Å²) in [5, 5.41) is 15.9. The number of nitrogens with zero attached hydrogens (tertiary/aromatic N) is 2. The number of carbonyl (C=O) groups excluding carboxylic acids is 1. The quantitative estimate of drug-likeness (QED) is 0.280. The molecule has 0 radical (unpaired) electrons. The molecule has 2 aromatic carbocycles. The number of sulfone groups is 1. The van der Waals surface area contributed by atoms with Gasteiger partial charge >= 0.3 is 0 Å². The Kier molecular flexibility index (Phi) is 7.42. The van der Waals surface area contributed by atoms with Gasteiger partial charge in [0, 0.05) is 29.2 Å². The van der Waals surface area contributed by atoms with Gasteiger partial charge in [-0.3, -0.25) is 14.9 Å². The molecule has 0 fully saturated rings. The summed E-state index contributed by atoms with van der Waals surface area (Å²) in [5.74, 6) is -0.609. The first-order valence-corrected chi connectivity index (χ1v) is 12.6. The van der Waals surface area contributed by atoms with Crippen molar-refractivity contribution in [3.8, 4) is 0 Å². The summed E-state index contributed by atoms with van der Waals surface area (Å²) in [4.78, 5) is 28.2.